The Labute approximate surface area is 103 Å². The predicted molar refractivity (Wildman–Crippen MR) is 64.4 cm³/mol. The van der Waals surface area contributed by atoms with Crippen molar-refractivity contribution < 1.29 is 14.3 Å². The predicted octanol–water partition coefficient (Wildman–Crippen LogP) is 1.57. The van der Waals surface area contributed by atoms with Crippen molar-refractivity contribution in [3.8, 4) is 0 Å². The van der Waals surface area contributed by atoms with Gasteiger partial charge in [-0.25, -0.2) is 0 Å². The Bertz CT molecular complexity index is 321. The van der Waals surface area contributed by atoms with Crippen molar-refractivity contribution in [2.75, 3.05) is 33.4 Å². The lowest BCUT2D eigenvalue weighted by atomic mass is 9.77. The van der Waals surface area contributed by atoms with Crippen LogP contribution in [0.2, 0.25) is 0 Å². The van der Waals surface area contributed by atoms with Crippen molar-refractivity contribution in [1.82, 2.24) is 4.90 Å². The third kappa shape index (κ3) is 2.32. The molecule has 0 saturated carbocycles. The van der Waals surface area contributed by atoms with E-state index in [1.165, 1.54) is 7.11 Å². The lowest BCUT2D eigenvalue weighted by molar-refractivity contribution is -0.151. The van der Waals surface area contributed by atoms with Gasteiger partial charge in [-0.15, -0.1) is 0 Å². The third-order valence-corrected chi connectivity index (χ3v) is 3.77. The zero-order valence-electron chi connectivity index (χ0n) is 10.7. The minimum Gasteiger partial charge on any atom is -0.468 e. The van der Waals surface area contributed by atoms with E-state index in [0.717, 1.165) is 51.3 Å². The van der Waals surface area contributed by atoms with Gasteiger partial charge in [0.1, 0.15) is 5.41 Å². The first-order valence-electron chi connectivity index (χ1n) is 6.30. The Morgan fingerprint density at radius 3 is 2.82 bits per heavy atom. The zero-order chi connectivity index (χ0) is 12.3. The summed E-state index contributed by atoms with van der Waals surface area (Å²) in [6.45, 7) is 5.24. The van der Waals surface area contributed by atoms with E-state index in [1.54, 1.807) is 0 Å². The van der Waals surface area contributed by atoms with Crippen LogP contribution < -0.4 is 0 Å². The van der Waals surface area contributed by atoms with Gasteiger partial charge in [0.05, 0.1) is 20.3 Å². The molecule has 0 radical (unpaired) electrons. The van der Waals surface area contributed by atoms with Crippen LogP contribution in [-0.2, 0) is 14.3 Å². The average Bonchev–Trinajstić information content (AvgIpc) is 2.39. The molecule has 0 bridgehead atoms. The molecule has 1 saturated heterocycles. The molecule has 0 unspecified atom stereocenters. The van der Waals surface area contributed by atoms with Crippen LogP contribution in [0.25, 0.3) is 0 Å². The Morgan fingerprint density at radius 2 is 2.18 bits per heavy atom. The highest BCUT2D eigenvalue weighted by molar-refractivity contribution is 5.80. The molecule has 96 valence electrons. The second kappa shape index (κ2) is 5.08. The number of hydrogen-bond donors (Lipinski definition) is 0. The van der Waals surface area contributed by atoms with E-state index in [-0.39, 0.29) is 5.97 Å². The number of hydrogen-bond acceptors (Lipinski definition) is 4. The van der Waals surface area contributed by atoms with Crippen LogP contribution in [0, 0.1) is 5.41 Å². The van der Waals surface area contributed by atoms with Crippen molar-refractivity contribution in [3.05, 3.63) is 11.8 Å². The molecule has 0 N–H and O–H groups in total. The molecule has 0 aromatic rings. The first-order chi connectivity index (χ1) is 8.18. The number of carbonyl (C=O) groups excluding carboxylic acids is 1. The summed E-state index contributed by atoms with van der Waals surface area (Å²) in [5.74, 6) is -0.116. The lowest BCUT2D eigenvalue weighted by Crippen LogP contribution is -2.45. The maximum absolute atomic E-state index is 12.0. The van der Waals surface area contributed by atoms with Crippen LogP contribution in [0.3, 0.4) is 0 Å². The van der Waals surface area contributed by atoms with Crippen molar-refractivity contribution >= 4 is 5.97 Å². The first kappa shape index (κ1) is 12.4. The second-order valence-corrected chi connectivity index (χ2v) is 4.90. The van der Waals surface area contributed by atoms with Gasteiger partial charge in [0, 0.05) is 18.8 Å². The normalized spacial score (nSPS) is 29.8. The molecule has 0 aromatic heterocycles. The van der Waals surface area contributed by atoms with E-state index in [0.29, 0.717) is 0 Å². The summed E-state index contributed by atoms with van der Waals surface area (Å²) >= 11 is 0. The molecule has 1 aliphatic heterocycles. The minimum absolute atomic E-state index is 0.116. The molecule has 1 atom stereocenters. The summed E-state index contributed by atoms with van der Waals surface area (Å²) in [5.41, 5.74) is 0.670. The topological polar surface area (TPSA) is 38.8 Å². The number of morpholine rings is 1. The Hall–Kier alpha value is -1.03. The number of rotatable bonds is 2. The molecule has 0 amide bonds. The van der Waals surface area contributed by atoms with Gasteiger partial charge in [-0.1, -0.05) is 6.08 Å². The van der Waals surface area contributed by atoms with E-state index in [4.69, 9.17) is 9.47 Å². The van der Waals surface area contributed by atoms with E-state index < -0.39 is 5.41 Å². The van der Waals surface area contributed by atoms with Crippen molar-refractivity contribution in [3.63, 3.8) is 0 Å². The van der Waals surface area contributed by atoms with Gasteiger partial charge in [0.25, 0.3) is 0 Å². The van der Waals surface area contributed by atoms with Crippen LogP contribution in [0.15, 0.2) is 11.8 Å². The van der Waals surface area contributed by atoms with Gasteiger partial charge < -0.3 is 14.4 Å². The van der Waals surface area contributed by atoms with Crippen LogP contribution in [0.4, 0.5) is 0 Å². The maximum atomic E-state index is 12.0. The largest absolute Gasteiger partial charge is 0.468 e. The fourth-order valence-corrected chi connectivity index (χ4v) is 2.76. The third-order valence-electron chi connectivity index (χ3n) is 3.77. The van der Waals surface area contributed by atoms with Gasteiger partial charge in [-0.2, -0.15) is 0 Å². The molecule has 1 aliphatic carbocycles. The maximum Gasteiger partial charge on any atom is 0.317 e. The number of nitrogens with zero attached hydrogens (tertiary/aromatic N) is 1. The fraction of sp³-hybridized carbons (Fsp3) is 0.769. The van der Waals surface area contributed by atoms with Crippen molar-refractivity contribution in [2.24, 2.45) is 5.41 Å². The number of esters is 1. The molecular weight excluding hydrogens is 218 g/mol. The van der Waals surface area contributed by atoms with Crippen LogP contribution in [0.1, 0.15) is 26.2 Å². The average molecular weight is 239 g/mol. The number of carbonyl (C=O) groups is 1. The molecular formula is C13H21NO3. The molecule has 0 aromatic carbocycles. The monoisotopic (exact) mass is 239 g/mol. The summed E-state index contributed by atoms with van der Waals surface area (Å²) < 4.78 is 10.3. The van der Waals surface area contributed by atoms with Crippen molar-refractivity contribution in [2.45, 2.75) is 26.2 Å². The molecule has 2 aliphatic rings. The van der Waals surface area contributed by atoms with Gasteiger partial charge in [0.2, 0.25) is 0 Å². The molecule has 1 heterocycles. The van der Waals surface area contributed by atoms with E-state index in [9.17, 15) is 4.79 Å². The Balaban J connectivity index is 2.21. The molecule has 17 heavy (non-hydrogen) atoms. The minimum atomic E-state index is -0.468. The standard InChI is InChI=1S/C13H21NO3/c1-13(12(15)16-2)6-4-3-5-11(13)14-7-9-17-10-8-14/h5H,3-4,6-10H2,1-2H3/t13-/m0/s1. The zero-order valence-corrected chi connectivity index (χ0v) is 10.7. The Morgan fingerprint density at radius 1 is 1.47 bits per heavy atom. The Kier molecular flexibility index (Phi) is 3.72. The lowest BCUT2D eigenvalue weighted by Gasteiger charge is -2.41. The van der Waals surface area contributed by atoms with Crippen molar-refractivity contribution in [1.29, 1.82) is 0 Å². The smallest absolute Gasteiger partial charge is 0.317 e. The quantitative estimate of drug-likeness (QED) is 0.686. The summed E-state index contributed by atoms with van der Waals surface area (Å²) in [4.78, 5) is 14.3. The summed E-state index contributed by atoms with van der Waals surface area (Å²) in [6.07, 6.45) is 5.19. The van der Waals surface area contributed by atoms with Crippen LogP contribution in [-0.4, -0.2) is 44.3 Å². The van der Waals surface area contributed by atoms with E-state index >= 15 is 0 Å². The van der Waals surface area contributed by atoms with Gasteiger partial charge >= 0.3 is 5.97 Å². The van der Waals surface area contributed by atoms with E-state index in [2.05, 4.69) is 11.0 Å². The van der Waals surface area contributed by atoms with Crippen LogP contribution in [0.5, 0.6) is 0 Å². The second-order valence-electron chi connectivity index (χ2n) is 4.90. The molecule has 1 fully saturated rings. The first-order valence-corrected chi connectivity index (χ1v) is 6.30. The number of ether oxygens (including phenoxy) is 2. The number of methoxy groups -OCH3 is 1. The highest BCUT2D eigenvalue weighted by atomic mass is 16.5. The highest BCUT2D eigenvalue weighted by Crippen LogP contribution is 2.40. The number of allylic oxidation sites excluding steroid dienone is 1. The molecule has 4 nitrogen and oxygen atoms in total. The fourth-order valence-electron chi connectivity index (χ4n) is 2.76. The summed E-state index contributed by atoms with van der Waals surface area (Å²) in [6, 6.07) is 0. The molecule has 4 heteroatoms. The van der Waals surface area contributed by atoms with E-state index in [1.807, 2.05) is 6.92 Å². The van der Waals surface area contributed by atoms with Gasteiger partial charge in [-0.3, -0.25) is 4.79 Å². The highest BCUT2D eigenvalue weighted by Gasteiger charge is 2.42. The van der Waals surface area contributed by atoms with Gasteiger partial charge in [0.15, 0.2) is 0 Å². The molecule has 0 spiro atoms. The summed E-state index contributed by atoms with van der Waals surface area (Å²) in [7, 11) is 1.47. The van der Waals surface area contributed by atoms with Gasteiger partial charge in [-0.05, 0) is 26.2 Å². The SMILES string of the molecule is COC(=O)[C@@]1(C)CCCC=C1N1CCOCC1. The molecule has 2 rings (SSSR count). The summed E-state index contributed by atoms with van der Waals surface area (Å²) in [5, 5.41) is 0. The van der Waals surface area contributed by atoms with Crippen LogP contribution >= 0.6 is 0 Å².